The molecule has 0 radical (unpaired) electrons. The molecule has 3 heterocycles. The van der Waals surface area contributed by atoms with E-state index in [0.29, 0.717) is 16.9 Å². The van der Waals surface area contributed by atoms with Gasteiger partial charge in [-0.15, -0.1) is 0 Å². The molecule has 32 heavy (non-hydrogen) atoms. The Hall–Kier alpha value is -4.14. The zero-order valence-corrected chi connectivity index (χ0v) is 17.6. The topological polar surface area (TPSA) is 93.8 Å². The van der Waals surface area contributed by atoms with Gasteiger partial charge in [0.05, 0.1) is 19.3 Å². The number of carbonyl (C=O) groups excluding carboxylic acids is 3. The number of hydrogen-bond donors (Lipinski definition) is 1. The van der Waals surface area contributed by atoms with Crippen LogP contribution in [0.3, 0.4) is 0 Å². The number of carbonyl (C=O) groups is 3. The normalized spacial score (nSPS) is 14.9. The zero-order valence-electron chi connectivity index (χ0n) is 17.6. The lowest BCUT2D eigenvalue weighted by atomic mass is 10.2. The van der Waals surface area contributed by atoms with E-state index in [1.54, 1.807) is 28.8 Å². The van der Waals surface area contributed by atoms with Crippen molar-refractivity contribution in [2.45, 2.75) is 20.4 Å². The first kappa shape index (κ1) is 21.1. The quantitative estimate of drug-likeness (QED) is 0.373. The average Bonchev–Trinajstić information content (AvgIpc) is 3.42. The Morgan fingerprint density at radius 2 is 1.94 bits per heavy atom. The molecule has 1 aliphatic heterocycles. The summed E-state index contributed by atoms with van der Waals surface area (Å²) in [4.78, 5) is 37.7. The lowest BCUT2D eigenvalue weighted by Gasteiger charge is -2.10. The number of nitrogens with zero attached hydrogens (tertiary/aromatic N) is 2. The molecule has 1 saturated heterocycles. The van der Waals surface area contributed by atoms with Crippen LogP contribution in [-0.4, -0.2) is 34.5 Å². The fourth-order valence-electron chi connectivity index (χ4n) is 3.64. The Morgan fingerprint density at radius 1 is 1.19 bits per heavy atom. The summed E-state index contributed by atoms with van der Waals surface area (Å²) in [6, 6.07) is 10.5. The molecule has 3 amide bonds. The Morgan fingerprint density at radius 3 is 2.66 bits per heavy atom. The van der Waals surface area contributed by atoms with Crippen molar-refractivity contribution >= 4 is 24.0 Å². The number of benzene rings is 1. The molecule has 9 heteroatoms. The Balaban J connectivity index is 1.60. The second-order valence-electron chi connectivity index (χ2n) is 7.25. The van der Waals surface area contributed by atoms with Crippen molar-refractivity contribution in [3.8, 4) is 5.69 Å². The summed E-state index contributed by atoms with van der Waals surface area (Å²) in [7, 11) is 1.22. The standard InChI is InChI=1S/C23H20FN3O5/c1-13-10-15(14(2)27(13)19-7-5-4-6-17(19)24)11-18-21(28)26(23(30)25-18)12-16-8-9-20(32-16)22(29)31-3/h4-11H,12H2,1-3H3,(H,25,30)/b18-11-. The molecule has 4 rings (SSSR count). The van der Waals surface area contributed by atoms with E-state index in [4.69, 9.17) is 4.42 Å². The summed E-state index contributed by atoms with van der Waals surface area (Å²) in [6.07, 6.45) is 1.56. The predicted octanol–water partition coefficient (Wildman–Crippen LogP) is 3.71. The highest BCUT2D eigenvalue weighted by Crippen LogP contribution is 2.26. The molecular weight excluding hydrogens is 417 g/mol. The van der Waals surface area contributed by atoms with Crippen molar-refractivity contribution in [3.05, 3.63) is 82.5 Å². The molecule has 8 nitrogen and oxygen atoms in total. The maximum absolute atomic E-state index is 14.3. The van der Waals surface area contributed by atoms with Crippen LogP contribution < -0.4 is 5.32 Å². The van der Waals surface area contributed by atoms with Crippen LogP contribution in [0.2, 0.25) is 0 Å². The Bertz CT molecular complexity index is 1270. The molecule has 0 bridgehead atoms. The van der Waals surface area contributed by atoms with Gasteiger partial charge in [-0.2, -0.15) is 0 Å². The highest BCUT2D eigenvalue weighted by atomic mass is 19.1. The van der Waals surface area contributed by atoms with Crippen LogP contribution in [0, 0.1) is 19.7 Å². The number of rotatable bonds is 5. The minimum Gasteiger partial charge on any atom is -0.463 e. The van der Waals surface area contributed by atoms with Crippen molar-refractivity contribution in [1.82, 2.24) is 14.8 Å². The van der Waals surface area contributed by atoms with Gasteiger partial charge >= 0.3 is 12.0 Å². The smallest absolute Gasteiger partial charge is 0.373 e. The number of nitrogens with one attached hydrogen (secondary N) is 1. The molecular formula is C23H20FN3O5. The summed E-state index contributed by atoms with van der Waals surface area (Å²) in [5, 5.41) is 2.55. The molecule has 3 aromatic rings. The van der Waals surface area contributed by atoms with Crippen molar-refractivity contribution in [2.24, 2.45) is 0 Å². The number of esters is 1. The van der Waals surface area contributed by atoms with Crippen LogP contribution in [0.15, 0.2) is 52.6 Å². The number of ether oxygens (including phenoxy) is 1. The third-order valence-corrected chi connectivity index (χ3v) is 5.19. The number of aromatic nitrogens is 1. The highest BCUT2D eigenvalue weighted by molar-refractivity contribution is 6.13. The maximum atomic E-state index is 14.3. The van der Waals surface area contributed by atoms with Crippen LogP contribution in [0.1, 0.15) is 33.3 Å². The minimum atomic E-state index is -0.653. The van der Waals surface area contributed by atoms with Gasteiger partial charge in [-0.05, 0) is 55.8 Å². The van der Waals surface area contributed by atoms with Gasteiger partial charge in [-0.3, -0.25) is 9.69 Å². The van der Waals surface area contributed by atoms with Gasteiger partial charge in [0, 0.05) is 11.4 Å². The number of para-hydroxylation sites is 1. The highest BCUT2D eigenvalue weighted by Gasteiger charge is 2.34. The summed E-state index contributed by atoms with van der Waals surface area (Å²) in [5.41, 5.74) is 2.65. The molecule has 0 atom stereocenters. The van der Waals surface area contributed by atoms with Crippen molar-refractivity contribution < 1.29 is 27.9 Å². The van der Waals surface area contributed by atoms with E-state index in [1.807, 2.05) is 19.9 Å². The number of urea groups is 1. The Labute approximate surface area is 182 Å². The number of halogens is 1. The van der Waals surface area contributed by atoms with Gasteiger partial charge in [0.25, 0.3) is 5.91 Å². The van der Waals surface area contributed by atoms with E-state index >= 15 is 0 Å². The maximum Gasteiger partial charge on any atom is 0.373 e. The summed E-state index contributed by atoms with van der Waals surface area (Å²) >= 11 is 0. The fraction of sp³-hybridized carbons (Fsp3) is 0.174. The molecule has 1 N–H and O–H groups in total. The fourth-order valence-corrected chi connectivity index (χ4v) is 3.64. The molecule has 1 aromatic carbocycles. The number of amides is 3. The van der Waals surface area contributed by atoms with Crippen molar-refractivity contribution in [3.63, 3.8) is 0 Å². The van der Waals surface area contributed by atoms with E-state index < -0.39 is 17.9 Å². The third-order valence-electron chi connectivity index (χ3n) is 5.19. The van der Waals surface area contributed by atoms with Crippen molar-refractivity contribution in [1.29, 1.82) is 0 Å². The molecule has 164 valence electrons. The van der Waals surface area contributed by atoms with Crippen molar-refractivity contribution in [2.75, 3.05) is 7.11 Å². The SMILES string of the molecule is COC(=O)c1ccc(CN2C(=O)N/C(=C\c3cc(C)n(-c4ccccc4F)c3C)C2=O)o1. The van der Waals surface area contributed by atoms with Gasteiger partial charge in [0.15, 0.2) is 0 Å². The lowest BCUT2D eigenvalue weighted by molar-refractivity contribution is -0.123. The molecule has 1 fully saturated rings. The summed E-state index contributed by atoms with van der Waals surface area (Å²) in [6.45, 7) is 3.49. The molecule has 1 aliphatic rings. The van der Waals surface area contributed by atoms with Gasteiger partial charge in [0.2, 0.25) is 5.76 Å². The number of hydrogen-bond acceptors (Lipinski definition) is 5. The number of aryl methyl sites for hydroxylation is 1. The van der Waals surface area contributed by atoms with E-state index in [-0.39, 0.29) is 29.6 Å². The first-order chi connectivity index (χ1) is 15.3. The Kier molecular flexibility index (Phi) is 5.40. The first-order valence-corrected chi connectivity index (χ1v) is 9.75. The average molecular weight is 437 g/mol. The predicted molar refractivity (Wildman–Crippen MR) is 112 cm³/mol. The van der Waals surface area contributed by atoms with Crippen LogP contribution in [0.4, 0.5) is 9.18 Å². The third kappa shape index (κ3) is 3.68. The lowest BCUT2D eigenvalue weighted by Crippen LogP contribution is -2.30. The minimum absolute atomic E-state index is 0.0223. The van der Waals surface area contributed by atoms with Crippen LogP contribution in [0.5, 0.6) is 0 Å². The van der Waals surface area contributed by atoms with Gasteiger partial charge in [-0.25, -0.2) is 14.0 Å². The number of imide groups is 1. The second-order valence-corrected chi connectivity index (χ2v) is 7.25. The van der Waals surface area contributed by atoms with Crippen LogP contribution in [0.25, 0.3) is 11.8 Å². The van der Waals surface area contributed by atoms with Gasteiger partial charge in [-0.1, -0.05) is 12.1 Å². The summed E-state index contributed by atoms with van der Waals surface area (Å²) in [5.74, 6) is -1.32. The van der Waals surface area contributed by atoms with E-state index in [0.717, 1.165) is 10.6 Å². The van der Waals surface area contributed by atoms with E-state index in [1.165, 1.54) is 25.3 Å². The first-order valence-electron chi connectivity index (χ1n) is 9.75. The number of methoxy groups -OCH3 is 1. The molecule has 0 unspecified atom stereocenters. The monoisotopic (exact) mass is 437 g/mol. The van der Waals surface area contributed by atoms with Gasteiger partial charge < -0.3 is 19.0 Å². The summed E-state index contributed by atoms with van der Waals surface area (Å²) < 4.78 is 26.0. The van der Waals surface area contributed by atoms with Crippen LogP contribution >= 0.6 is 0 Å². The number of furan rings is 1. The molecule has 0 spiro atoms. The van der Waals surface area contributed by atoms with E-state index in [2.05, 4.69) is 10.1 Å². The molecule has 0 saturated carbocycles. The van der Waals surface area contributed by atoms with E-state index in [9.17, 15) is 18.8 Å². The van der Waals surface area contributed by atoms with Crippen LogP contribution in [-0.2, 0) is 16.1 Å². The zero-order chi connectivity index (χ0) is 23.0. The molecule has 0 aliphatic carbocycles. The molecule has 2 aromatic heterocycles. The van der Waals surface area contributed by atoms with Gasteiger partial charge in [0.1, 0.15) is 17.3 Å². The second kappa shape index (κ2) is 8.18. The largest absolute Gasteiger partial charge is 0.463 e.